The molecule has 0 radical (unpaired) electrons. The second-order valence-electron chi connectivity index (χ2n) is 5.81. The van der Waals surface area contributed by atoms with Crippen molar-refractivity contribution < 1.29 is 0 Å². The highest BCUT2D eigenvalue weighted by molar-refractivity contribution is 5.20. The molecule has 2 aromatic rings. The first-order valence-electron chi connectivity index (χ1n) is 7.26. The maximum atomic E-state index is 11.7. The maximum Gasteiger partial charge on any atom is 0.266 e. The summed E-state index contributed by atoms with van der Waals surface area (Å²) < 4.78 is 3.35. The molecule has 0 spiro atoms. The van der Waals surface area contributed by atoms with Gasteiger partial charge in [-0.3, -0.25) is 9.69 Å². The molecule has 2 aromatic heterocycles. The van der Waals surface area contributed by atoms with E-state index in [4.69, 9.17) is 0 Å². The van der Waals surface area contributed by atoms with Gasteiger partial charge >= 0.3 is 0 Å². The van der Waals surface area contributed by atoms with Crippen LogP contribution in [0.5, 0.6) is 0 Å². The van der Waals surface area contributed by atoms with Crippen molar-refractivity contribution in [2.75, 3.05) is 6.54 Å². The first-order chi connectivity index (χ1) is 10.2. The molecule has 0 N–H and O–H groups in total. The van der Waals surface area contributed by atoms with Crippen LogP contribution >= 0.6 is 0 Å². The third-order valence-electron chi connectivity index (χ3n) is 4.14. The molecule has 110 valence electrons. The lowest BCUT2D eigenvalue weighted by atomic mass is 10.1. The summed E-state index contributed by atoms with van der Waals surface area (Å²) >= 11 is 0. The molecule has 1 aliphatic heterocycles. The second kappa shape index (κ2) is 4.73. The second-order valence-corrected chi connectivity index (χ2v) is 5.81. The maximum absolute atomic E-state index is 11.7. The summed E-state index contributed by atoms with van der Waals surface area (Å²) in [5.74, 6) is 0.915. The summed E-state index contributed by atoms with van der Waals surface area (Å²) in [5, 5.41) is 16.3. The Balaban J connectivity index is 1.54. The molecule has 0 amide bonds. The molecule has 1 fully saturated rings. The fourth-order valence-corrected chi connectivity index (χ4v) is 2.81. The lowest BCUT2D eigenvalue weighted by Gasteiger charge is -2.27. The van der Waals surface area contributed by atoms with Crippen molar-refractivity contribution in [2.24, 2.45) is 7.05 Å². The number of hydrogen-bond donors (Lipinski definition) is 0. The van der Waals surface area contributed by atoms with Gasteiger partial charge in [-0.2, -0.15) is 5.10 Å². The van der Waals surface area contributed by atoms with Gasteiger partial charge in [0.05, 0.1) is 18.3 Å². The quantitative estimate of drug-likeness (QED) is 0.768. The Kier molecular flexibility index (Phi) is 2.85. The number of aromatic nitrogens is 6. The van der Waals surface area contributed by atoms with E-state index in [1.165, 1.54) is 17.5 Å². The normalized spacial score (nSPS) is 18.7. The van der Waals surface area contributed by atoms with Crippen LogP contribution in [0.1, 0.15) is 36.0 Å². The van der Waals surface area contributed by atoms with Crippen molar-refractivity contribution >= 4 is 0 Å². The molecule has 0 atom stereocenters. The number of tetrazole rings is 1. The molecule has 1 saturated carbocycles. The highest BCUT2D eigenvalue weighted by Crippen LogP contribution is 2.34. The van der Waals surface area contributed by atoms with Crippen LogP contribution in [0.2, 0.25) is 0 Å². The molecule has 0 unspecified atom stereocenters. The minimum absolute atomic E-state index is 0.0570. The standard InChI is InChI=1S/C13H17N7O/c1-18-13(21)6-9-7-19(5-4-11(9)15-18)8-12-14-16-17-20(12)10-2-3-10/h6,10H,2-5,7-8H2,1H3. The minimum atomic E-state index is -0.0570. The highest BCUT2D eigenvalue weighted by Gasteiger charge is 2.29. The van der Waals surface area contributed by atoms with E-state index in [-0.39, 0.29) is 5.56 Å². The van der Waals surface area contributed by atoms with Crippen LogP contribution in [0.15, 0.2) is 10.9 Å². The van der Waals surface area contributed by atoms with Gasteiger partial charge in [0.1, 0.15) is 0 Å². The topological polar surface area (TPSA) is 81.7 Å². The monoisotopic (exact) mass is 287 g/mol. The van der Waals surface area contributed by atoms with Gasteiger partial charge in [0.15, 0.2) is 5.82 Å². The Morgan fingerprint density at radius 1 is 1.38 bits per heavy atom. The predicted molar refractivity (Wildman–Crippen MR) is 73.4 cm³/mol. The van der Waals surface area contributed by atoms with Crippen molar-refractivity contribution in [3.8, 4) is 0 Å². The summed E-state index contributed by atoms with van der Waals surface area (Å²) in [6.45, 7) is 2.36. The van der Waals surface area contributed by atoms with Crippen molar-refractivity contribution in [3.05, 3.63) is 33.5 Å². The van der Waals surface area contributed by atoms with E-state index >= 15 is 0 Å². The molecular weight excluding hydrogens is 270 g/mol. The summed E-state index contributed by atoms with van der Waals surface area (Å²) in [4.78, 5) is 14.0. The Morgan fingerprint density at radius 2 is 2.24 bits per heavy atom. The zero-order valence-corrected chi connectivity index (χ0v) is 11.9. The SMILES string of the molecule is Cn1nc2c(cc1=O)CN(Cc1nnnn1C1CC1)CC2. The van der Waals surface area contributed by atoms with E-state index in [1.54, 1.807) is 13.1 Å². The molecule has 0 aromatic carbocycles. The van der Waals surface area contributed by atoms with E-state index < -0.39 is 0 Å². The molecule has 3 heterocycles. The van der Waals surface area contributed by atoms with E-state index in [1.807, 2.05) is 4.68 Å². The molecule has 8 nitrogen and oxygen atoms in total. The van der Waals surface area contributed by atoms with Crippen LogP contribution in [-0.4, -0.2) is 41.4 Å². The molecule has 4 rings (SSSR count). The van der Waals surface area contributed by atoms with Crippen LogP contribution < -0.4 is 5.56 Å². The number of nitrogens with zero attached hydrogens (tertiary/aromatic N) is 7. The van der Waals surface area contributed by atoms with E-state index in [9.17, 15) is 4.79 Å². The lowest BCUT2D eigenvalue weighted by molar-refractivity contribution is 0.230. The first-order valence-corrected chi connectivity index (χ1v) is 7.26. The number of aryl methyl sites for hydroxylation is 1. The van der Waals surface area contributed by atoms with Crippen LogP contribution in [0.25, 0.3) is 0 Å². The smallest absolute Gasteiger partial charge is 0.266 e. The average Bonchev–Trinajstić information content (AvgIpc) is 3.21. The van der Waals surface area contributed by atoms with Gasteiger partial charge in [-0.15, -0.1) is 5.10 Å². The van der Waals surface area contributed by atoms with Crippen LogP contribution in [-0.2, 0) is 26.6 Å². The molecule has 0 bridgehead atoms. The zero-order chi connectivity index (χ0) is 14.4. The fraction of sp³-hybridized carbons (Fsp3) is 0.615. The van der Waals surface area contributed by atoms with Gasteiger partial charge in [-0.05, 0) is 28.8 Å². The molecule has 8 heteroatoms. The number of fused-ring (bicyclic) bond motifs is 1. The van der Waals surface area contributed by atoms with Crippen molar-refractivity contribution in [3.63, 3.8) is 0 Å². The average molecular weight is 287 g/mol. The van der Waals surface area contributed by atoms with Crippen molar-refractivity contribution in [1.82, 2.24) is 34.9 Å². The van der Waals surface area contributed by atoms with Gasteiger partial charge in [0.25, 0.3) is 5.56 Å². The largest absolute Gasteiger partial charge is 0.291 e. The van der Waals surface area contributed by atoms with Gasteiger partial charge in [0, 0.05) is 32.6 Å². The molecule has 2 aliphatic rings. The van der Waals surface area contributed by atoms with Crippen LogP contribution in [0.4, 0.5) is 0 Å². The van der Waals surface area contributed by atoms with E-state index in [2.05, 4.69) is 25.5 Å². The van der Waals surface area contributed by atoms with Crippen molar-refractivity contribution in [1.29, 1.82) is 0 Å². The summed E-state index contributed by atoms with van der Waals surface area (Å²) in [6.07, 6.45) is 3.19. The van der Waals surface area contributed by atoms with Gasteiger partial charge < -0.3 is 0 Å². The number of hydrogen-bond acceptors (Lipinski definition) is 6. The Labute approximate surface area is 121 Å². The molecule has 21 heavy (non-hydrogen) atoms. The predicted octanol–water partition coefficient (Wildman–Crippen LogP) is -0.340. The van der Waals surface area contributed by atoms with E-state index in [0.29, 0.717) is 6.04 Å². The Hall–Kier alpha value is -2.09. The van der Waals surface area contributed by atoms with E-state index in [0.717, 1.165) is 43.1 Å². The minimum Gasteiger partial charge on any atom is -0.291 e. The zero-order valence-electron chi connectivity index (χ0n) is 11.9. The fourth-order valence-electron chi connectivity index (χ4n) is 2.81. The molecule has 0 saturated heterocycles. The number of rotatable bonds is 3. The van der Waals surface area contributed by atoms with Crippen molar-refractivity contribution in [2.45, 2.75) is 38.4 Å². The van der Waals surface area contributed by atoms with Gasteiger partial charge in [-0.1, -0.05) is 0 Å². The van der Waals surface area contributed by atoms with Gasteiger partial charge in [-0.25, -0.2) is 9.36 Å². The summed E-state index contributed by atoms with van der Waals surface area (Å²) in [5.41, 5.74) is 1.99. The first kappa shape index (κ1) is 12.6. The van der Waals surface area contributed by atoms with Gasteiger partial charge in [0.2, 0.25) is 0 Å². The van der Waals surface area contributed by atoms with Crippen LogP contribution in [0, 0.1) is 0 Å². The third kappa shape index (κ3) is 2.35. The molecule has 1 aliphatic carbocycles. The highest BCUT2D eigenvalue weighted by atomic mass is 16.1. The van der Waals surface area contributed by atoms with Crippen LogP contribution in [0.3, 0.4) is 0 Å². The third-order valence-corrected chi connectivity index (χ3v) is 4.14. The summed E-state index contributed by atoms with van der Waals surface area (Å²) in [7, 11) is 1.69. The molecular formula is C13H17N7O. The Morgan fingerprint density at radius 3 is 3.05 bits per heavy atom. The Bertz CT molecular complexity index is 730. The lowest BCUT2D eigenvalue weighted by Crippen LogP contribution is -2.34. The summed E-state index contributed by atoms with van der Waals surface area (Å²) in [6, 6.07) is 2.18.